The molecule has 1 fully saturated rings. The molecule has 1 saturated heterocycles. The van der Waals surface area contributed by atoms with E-state index < -0.39 is 23.7 Å². The van der Waals surface area contributed by atoms with E-state index in [0.717, 1.165) is 17.7 Å². The Bertz CT molecular complexity index is 999. The van der Waals surface area contributed by atoms with Crippen molar-refractivity contribution in [2.24, 2.45) is 5.73 Å². The van der Waals surface area contributed by atoms with Gasteiger partial charge in [-0.1, -0.05) is 18.2 Å². The van der Waals surface area contributed by atoms with E-state index in [1.165, 1.54) is 17.0 Å². The quantitative estimate of drug-likeness (QED) is 0.790. The lowest BCUT2D eigenvalue weighted by molar-refractivity contribution is -0.139. The molecule has 0 radical (unpaired) electrons. The zero-order valence-electron chi connectivity index (χ0n) is 16.6. The fraction of sp³-hybridized carbons (Fsp3) is 0.318. The second-order valence-corrected chi connectivity index (χ2v) is 7.31. The number of anilines is 1. The fourth-order valence-electron chi connectivity index (χ4n) is 3.58. The Morgan fingerprint density at radius 1 is 1.13 bits per heavy atom. The van der Waals surface area contributed by atoms with E-state index in [1.54, 1.807) is 29.2 Å². The molecule has 1 unspecified atom stereocenters. The van der Waals surface area contributed by atoms with Crippen LogP contribution in [0.1, 0.15) is 23.1 Å². The first-order chi connectivity index (χ1) is 14.7. The molecule has 1 aliphatic heterocycles. The van der Waals surface area contributed by atoms with E-state index in [4.69, 9.17) is 11.0 Å². The second kappa shape index (κ2) is 9.08. The summed E-state index contributed by atoms with van der Waals surface area (Å²) in [4.78, 5) is 27.8. The van der Waals surface area contributed by atoms with E-state index in [-0.39, 0.29) is 32.0 Å². The van der Waals surface area contributed by atoms with Gasteiger partial charge in [0.15, 0.2) is 0 Å². The number of hydrogen-bond acceptors (Lipinski definition) is 4. The smallest absolute Gasteiger partial charge is 0.368 e. The number of amides is 2. The number of primary amides is 1. The van der Waals surface area contributed by atoms with Crippen LogP contribution in [-0.4, -0.2) is 42.4 Å². The van der Waals surface area contributed by atoms with Crippen molar-refractivity contribution in [3.8, 4) is 6.07 Å². The first kappa shape index (κ1) is 22.2. The lowest BCUT2D eigenvalue weighted by Crippen LogP contribution is -2.60. The first-order valence-corrected chi connectivity index (χ1v) is 9.69. The van der Waals surface area contributed by atoms with Crippen LogP contribution in [0.3, 0.4) is 0 Å². The van der Waals surface area contributed by atoms with Crippen molar-refractivity contribution in [2.75, 3.05) is 24.5 Å². The van der Waals surface area contributed by atoms with Crippen LogP contribution in [0.2, 0.25) is 0 Å². The summed E-state index contributed by atoms with van der Waals surface area (Å²) in [7, 11) is 0. The van der Waals surface area contributed by atoms with Gasteiger partial charge in [0, 0.05) is 31.7 Å². The van der Waals surface area contributed by atoms with Crippen LogP contribution in [0, 0.1) is 11.3 Å². The lowest BCUT2D eigenvalue weighted by Gasteiger charge is -2.41. The van der Waals surface area contributed by atoms with E-state index in [2.05, 4.69) is 0 Å². The minimum absolute atomic E-state index is 0.0270. The highest BCUT2D eigenvalue weighted by Gasteiger charge is 2.35. The van der Waals surface area contributed by atoms with Gasteiger partial charge in [-0.15, -0.1) is 0 Å². The van der Waals surface area contributed by atoms with E-state index >= 15 is 0 Å². The first-order valence-electron chi connectivity index (χ1n) is 9.69. The van der Waals surface area contributed by atoms with Gasteiger partial charge in [-0.25, -0.2) is 0 Å². The zero-order chi connectivity index (χ0) is 22.6. The van der Waals surface area contributed by atoms with Crippen LogP contribution in [0.5, 0.6) is 0 Å². The number of benzene rings is 2. The molecule has 2 aromatic rings. The molecule has 1 heterocycles. The van der Waals surface area contributed by atoms with Crippen molar-refractivity contribution in [2.45, 2.75) is 25.1 Å². The molecule has 9 heteroatoms. The van der Waals surface area contributed by atoms with Gasteiger partial charge in [0.1, 0.15) is 6.04 Å². The van der Waals surface area contributed by atoms with Crippen LogP contribution in [0.15, 0.2) is 48.5 Å². The Morgan fingerprint density at radius 3 is 2.45 bits per heavy atom. The highest BCUT2D eigenvalue weighted by Crippen LogP contribution is 2.32. The molecule has 31 heavy (non-hydrogen) atoms. The number of carbonyl (C=O) groups is 2. The number of nitriles is 1. The third-order valence-corrected chi connectivity index (χ3v) is 5.28. The number of alkyl halides is 3. The van der Waals surface area contributed by atoms with Crippen molar-refractivity contribution >= 4 is 17.5 Å². The fourth-order valence-corrected chi connectivity index (χ4v) is 3.58. The number of nitrogens with zero attached hydrogens (tertiary/aromatic N) is 3. The molecular weight excluding hydrogens is 409 g/mol. The van der Waals surface area contributed by atoms with Crippen LogP contribution in [0.25, 0.3) is 0 Å². The molecule has 6 nitrogen and oxygen atoms in total. The molecule has 0 aromatic heterocycles. The summed E-state index contributed by atoms with van der Waals surface area (Å²) in [5.41, 5.74) is 6.46. The Morgan fingerprint density at radius 2 is 1.84 bits per heavy atom. The van der Waals surface area contributed by atoms with Crippen molar-refractivity contribution in [1.29, 1.82) is 5.26 Å². The number of piperazine rings is 1. The minimum Gasteiger partial charge on any atom is -0.368 e. The highest BCUT2D eigenvalue weighted by molar-refractivity contribution is 5.87. The summed E-state index contributed by atoms with van der Waals surface area (Å²) in [5.74, 6) is -0.958. The Kier molecular flexibility index (Phi) is 6.49. The van der Waals surface area contributed by atoms with Gasteiger partial charge in [-0.2, -0.15) is 18.4 Å². The van der Waals surface area contributed by atoms with Gasteiger partial charge in [0.2, 0.25) is 11.8 Å². The van der Waals surface area contributed by atoms with Crippen LogP contribution in [-0.2, 0) is 22.2 Å². The van der Waals surface area contributed by atoms with Crippen molar-refractivity contribution in [3.05, 3.63) is 65.2 Å². The normalized spacial score (nSPS) is 16.6. The molecule has 2 amide bonds. The second-order valence-electron chi connectivity index (χ2n) is 7.31. The topological polar surface area (TPSA) is 90.4 Å². The summed E-state index contributed by atoms with van der Waals surface area (Å²) in [6.07, 6.45) is -3.88. The monoisotopic (exact) mass is 430 g/mol. The number of carbonyl (C=O) groups excluding carboxylic acids is 2. The maximum Gasteiger partial charge on any atom is 0.416 e. The van der Waals surface area contributed by atoms with E-state index in [0.29, 0.717) is 17.7 Å². The average molecular weight is 430 g/mol. The summed E-state index contributed by atoms with van der Waals surface area (Å²) in [6.45, 7) is 0.489. The predicted octanol–water partition coefficient (Wildman–Crippen LogP) is 2.71. The Hall–Kier alpha value is -3.54. The number of rotatable bonds is 5. The maximum absolute atomic E-state index is 13.0. The highest BCUT2D eigenvalue weighted by atomic mass is 19.4. The Balaban J connectivity index is 1.68. The van der Waals surface area contributed by atoms with Gasteiger partial charge in [-0.3, -0.25) is 9.59 Å². The lowest BCUT2D eigenvalue weighted by atomic mass is 10.0. The number of aryl methyl sites for hydroxylation is 1. The van der Waals surface area contributed by atoms with Gasteiger partial charge in [0.25, 0.3) is 0 Å². The molecule has 0 aliphatic carbocycles. The van der Waals surface area contributed by atoms with Crippen molar-refractivity contribution in [1.82, 2.24) is 4.90 Å². The van der Waals surface area contributed by atoms with Gasteiger partial charge in [-0.05, 0) is 42.3 Å². The van der Waals surface area contributed by atoms with Gasteiger partial charge < -0.3 is 15.5 Å². The SMILES string of the molecule is N#Cc1ccc(CCC(=O)N2CCN(c3cccc(C(F)(F)F)c3)CC2C(N)=O)cc1. The molecule has 1 aliphatic rings. The average Bonchev–Trinajstić information content (AvgIpc) is 2.77. The molecular formula is C22H21F3N4O2. The third-order valence-electron chi connectivity index (χ3n) is 5.28. The Labute approximate surface area is 177 Å². The van der Waals surface area contributed by atoms with E-state index in [1.807, 2.05) is 6.07 Å². The van der Waals surface area contributed by atoms with Crippen molar-refractivity contribution < 1.29 is 22.8 Å². The molecule has 2 aromatic carbocycles. The molecule has 2 N–H and O–H groups in total. The third kappa shape index (κ3) is 5.34. The van der Waals surface area contributed by atoms with Crippen LogP contribution >= 0.6 is 0 Å². The maximum atomic E-state index is 13.0. The molecule has 162 valence electrons. The standard InChI is InChI=1S/C22H21F3N4O2/c23-22(24,25)17-2-1-3-18(12-17)28-10-11-29(19(14-28)21(27)31)20(30)9-8-15-4-6-16(13-26)7-5-15/h1-7,12,19H,8-11,14H2,(H2,27,31). The van der Waals surface area contributed by atoms with Crippen LogP contribution in [0.4, 0.5) is 18.9 Å². The zero-order valence-corrected chi connectivity index (χ0v) is 16.6. The number of hydrogen-bond donors (Lipinski definition) is 1. The largest absolute Gasteiger partial charge is 0.416 e. The summed E-state index contributed by atoms with van der Waals surface area (Å²) >= 11 is 0. The minimum atomic E-state index is -4.47. The molecule has 0 bridgehead atoms. The van der Waals surface area contributed by atoms with Gasteiger partial charge in [0.05, 0.1) is 17.2 Å². The van der Waals surface area contributed by atoms with Gasteiger partial charge >= 0.3 is 6.18 Å². The summed E-state index contributed by atoms with van der Waals surface area (Å²) in [6, 6.07) is 12.8. The number of halogens is 3. The molecule has 3 rings (SSSR count). The van der Waals surface area contributed by atoms with Crippen LogP contribution < -0.4 is 10.6 Å². The van der Waals surface area contributed by atoms with Crippen molar-refractivity contribution in [3.63, 3.8) is 0 Å². The molecule has 0 saturated carbocycles. The summed E-state index contributed by atoms with van der Waals surface area (Å²) < 4.78 is 39.0. The predicted molar refractivity (Wildman–Crippen MR) is 108 cm³/mol. The summed E-state index contributed by atoms with van der Waals surface area (Å²) in [5, 5.41) is 8.84. The molecule has 1 atom stereocenters. The molecule has 0 spiro atoms. The van der Waals surface area contributed by atoms with E-state index in [9.17, 15) is 22.8 Å². The number of nitrogens with two attached hydrogens (primary N) is 1.